The number of hydrogen-bond acceptors (Lipinski definition) is 10. The van der Waals surface area contributed by atoms with Crippen LogP contribution in [0.3, 0.4) is 0 Å². The molecule has 0 fully saturated rings. The molecule has 0 aromatic rings. The average molecular weight is 1100 g/mol. The van der Waals surface area contributed by atoms with Gasteiger partial charge in [0.1, 0.15) is 12.7 Å². The first-order chi connectivity index (χ1) is 38.2. The molecule has 0 aliphatic heterocycles. The van der Waals surface area contributed by atoms with Gasteiger partial charge in [0, 0.05) is 19.3 Å². The molecule has 0 aliphatic rings. The van der Waals surface area contributed by atoms with Gasteiger partial charge in [-0.1, -0.05) is 203 Å². The van der Waals surface area contributed by atoms with Gasteiger partial charge in [0.25, 0.3) is 0 Å². The van der Waals surface area contributed by atoms with Crippen molar-refractivity contribution in [2.75, 3.05) is 26.4 Å². The molecule has 12 heteroatoms. The summed E-state index contributed by atoms with van der Waals surface area (Å²) in [4.78, 5) is 48.5. The first kappa shape index (κ1) is 72.6. The second-order valence-electron chi connectivity index (χ2n) is 18.0. The summed E-state index contributed by atoms with van der Waals surface area (Å²) in [5.41, 5.74) is 0. The molecule has 0 rings (SSSR count). The zero-order valence-corrected chi connectivity index (χ0v) is 48.7. The number of ether oxygens (including phenoxy) is 3. The number of aliphatic hydroxyl groups is 1. The molecule has 434 valence electrons. The third-order valence-electron chi connectivity index (χ3n) is 10.8. The summed E-state index contributed by atoms with van der Waals surface area (Å²) >= 11 is 0. The van der Waals surface area contributed by atoms with Gasteiger partial charge < -0.3 is 24.2 Å². The van der Waals surface area contributed by atoms with Gasteiger partial charge in [0.2, 0.25) is 0 Å². The fraction of sp³-hybridized carbons (Fsp3) is 0.500. The summed E-state index contributed by atoms with van der Waals surface area (Å²) in [6, 6.07) is 0. The van der Waals surface area contributed by atoms with E-state index in [1.54, 1.807) is 0 Å². The third-order valence-corrected chi connectivity index (χ3v) is 11.8. The second-order valence-corrected chi connectivity index (χ2v) is 19.4. The fourth-order valence-electron chi connectivity index (χ4n) is 6.58. The van der Waals surface area contributed by atoms with Crippen molar-refractivity contribution in [1.29, 1.82) is 0 Å². The van der Waals surface area contributed by atoms with E-state index in [2.05, 4.69) is 179 Å². The third kappa shape index (κ3) is 55.3. The lowest BCUT2D eigenvalue weighted by Crippen LogP contribution is -2.30. The quantitative estimate of drug-likeness (QED) is 0.0197. The van der Waals surface area contributed by atoms with Crippen molar-refractivity contribution in [2.45, 2.75) is 187 Å². The lowest BCUT2D eigenvalue weighted by Gasteiger charge is -2.21. The normalized spacial score (nSPS) is 14.7. The largest absolute Gasteiger partial charge is 0.472 e. The first-order valence-electron chi connectivity index (χ1n) is 28.7. The van der Waals surface area contributed by atoms with Gasteiger partial charge in [-0.25, -0.2) is 4.57 Å². The summed E-state index contributed by atoms with van der Waals surface area (Å²) in [5, 5.41) is 9.81. The highest BCUT2D eigenvalue weighted by Crippen LogP contribution is 2.43. The smallest absolute Gasteiger partial charge is 0.462 e. The van der Waals surface area contributed by atoms with Crippen LogP contribution >= 0.6 is 7.82 Å². The topological polar surface area (TPSA) is 155 Å². The van der Waals surface area contributed by atoms with Crippen LogP contribution in [-0.2, 0) is 42.2 Å². The number of rotatable bonds is 50. The molecule has 78 heavy (non-hydrogen) atoms. The standard InChI is InChI=1S/C66H99O11P/c1-4-7-10-13-16-19-22-25-28-30-31-33-36-39-42-45-48-51-54-57-66(70)77-63(59-73-64(68)55-52-49-46-43-40-37-34-27-24-21-18-15-12-9-6-3)61-75-78(71,72)74-60-62(58-67)76-65(69)56-53-50-47-44-41-38-35-32-29-26-23-20-17-14-11-8-5-2/h7-12,16-21,25-29,31,33-35,38-40,42-44,47-48,51,62-63,67H,4-6,13-15,22-24,30,32,36-37,41,45-46,49-50,52-61H2,1-3H3,(H,71,72)/b10-7-,11-8-,12-9-,19-16-,20-17-,21-18-,28-25-,29-26-,33-31-,34-27-,38-35-,42-39-,43-40-,47-44-,51-48-. The fourth-order valence-corrected chi connectivity index (χ4v) is 7.37. The lowest BCUT2D eigenvalue weighted by atomic mass is 10.2. The Morgan fingerprint density at radius 1 is 0.359 bits per heavy atom. The van der Waals surface area contributed by atoms with E-state index in [1.807, 2.05) is 24.3 Å². The molecule has 0 saturated carbocycles. The maximum absolute atomic E-state index is 12.9. The Labute approximate surface area is 471 Å². The number of aliphatic hydroxyl groups excluding tert-OH is 1. The zero-order chi connectivity index (χ0) is 56.9. The van der Waals surface area contributed by atoms with Crippen molar-refractivity contribution in [3.8, 4) is 0 Å². The van der Waals surface area contributed by atoms with Crippen LogP contribution < -0.4 is 0 Å². The van der Waals surface area contributed by atoms with Gasteiger partial charge in [-0.05, 0) is 135 Å². The Kier molecular flexibility index (Phi) is 53.7. The van der Waals surface area contributed by atoms with Gasteiger partial charge in [-0.2, -0.15) is 0 Å². The van der Waals surface area contributed by atoms with E-state index in [0.29, 0.717) is 32.1 Å². The Morgan fingerprint density at radius 3 is 1.03 bits per heavy atom. The molecule has 0 heterocycles. The Balaban J connectivity index is 4.98. The molecule has 3 unspecified atom stereocenters. The molecule has 11 nitrogen and oxygen atoms in total. The predicted octanol–water partition coefficient (Wildman–Crippen LogP) is 17.2. The number of hydrogen-bond donors (Lipinski definition) is 2. The van der Waals surface area contributed by atoms with E-state index in [0.717, 1.165) is 103 Å². The molecule has 0 bridgehead atoms. The molecular formula is C66H99O11P. The Hall–Kier alpha value is -5.42. The monoisotopic (exact) mass is 1100 g/mol. The number of phosphoric ester groups is 1. The molecule has 0 aliphatic carbocycles. The lowest BCUT2D eigenvalue weighted by molar-refractivity contribution is -0.161. The highest BCUT2D eigenvalue weighted by Gasteiger charge is 2.28. The number of carbonyl (C=O) groups excluding carboxylic acids is 3. The van der Waals surface area contributed by atoms with Crippen LogP contribution in [0.4, 0.5) is 0 Å². The van der Waals surface area contributed by atoms with E-state index < -0.39 is 64.4 Å². The van der Waals surface area contributed by atoms with Crippen LogP contribution in [0.25, 0.3) is 0 Å². The molecule has 0 radical (unpaired) electrons. The Morgan fingerprint density at radius 2 is 0.654 bits per heavy atom. The van der Waals surface area contributed by atoms with E-state index in [4.69, 9.17) is 23.3 Å². The van der Waals surface area contributed by atoms with Crippen molar-refractivity contribution >= 4 is 25.7 Å². The van der Waals surface area contributed by atoms with Crippen molar-refractivity contribution in [3.63, 3.8) is 0 Å². The minimum absolute atomic E-state index is 0.0169. The van der Waals surface area contributed by atoms with Crippen LogP contribution in [-0.4, -0.2) is 66.5 Å². The molecule has 0 amide bonds. The number of carbonyl (C=O) groups is 3. The SMILES string of the molecule is CC/C=C\C/C=C\C/C=C\C/C=C\C/C=C\C/C=C\CCC(=O)OC(COC(=O)CCCC/C=C\C/C=C\C/C=C\C/C=C\CC)COP(=O)(O)OCC(CO)OC(=O)CCC/C=C\C/C=C\C/C=C\C/C=C\C/C=C\CC. The van der Waals surface area contributed by atoms with Crippen LogP contribution in [0.1, 0.15) is 175 Å². The maximum atomic E-state index is 12.9. The minimum atomic E-state index is -4.81. The van der Waals surface area contributed by atoms with Crippen molar-refractivity contribution in [3.05, 3.63) is 182 Å². The Bertz CT molecular complexity index is 2010. The van der Waals surface area contributed by atoms with E-state index in [1.165, 1.54) is 0 Å². The average Bonchev–Trinajstić information content (AvgIpc) is 3.43. The summed E-state index contributed by atoms with van der Waals surface area (Å²) in [5.74, 6) is -1.71. The molecule has 0 spiro atoms. The van der Waals surface area contributed by atoms with Crippen molar-refractivity contribution in [2.24, 2.45) is 0 Å². The van der Waals surface area contributed by atoms with Crippen LogP contribution in [0.2, 0.25) is 0 Å². The van der Waals surface area contributed by atoms with E-state index >= 15 is 0 Å². The molecule has 0 saturated heterocycles. The zero-order valence-electron chi connectivity index (χ0n) is 47.8. The highest BCUT2D eigenvalue weighted by molar-refractivity contribution is 7.47. The summed E-state index contributed by atoms with van der Waals surface area (Å²) in [7, 11) is -4.81. The number of unbranched alkanes of at least 4 members (excludes halogenated alkanes) is 3. The molecule has 0 aromatic carbocycles. The molecule has 0 aromatic heterocycles. The van der Waals surface area contributed by atoms with Gasteiger partial charge in [-0.15, -0.1) is 0 Å². The van der Waals surface area contributed by atoms with Crippen LogP contribution in [0.5, 0.6) is 0 Å². The summed E-state index contributed by atoms with van der Waals surface area (Å²) < 4.78 is 39.3. The van der Waals surface area contributed by atoms with Crippen LogP contribution in [0, 0.1) is 0 Å². The van der Waals surface area contributed by atoms with E-state index in [-0.39, 0.29) is 19.3 Å². The van der Waals surface area contributed by atoms with Gasteiger partial charge in [0.15, 0.2) is 6.10 Å². The molecular weight excluding hydrogens is 1000 g/mol. The summed E-state index contributed by atoms with van der Waals surface area (Å²) in [6.45, 7) is 4.06. The van der Waals surface area contributed by atoms with Gasteiger partial charge >= 0.3 is 25.7 Å². The van der Waals surface area contributed by atoms with Crippen molar-refractivity contribution < 1.29 is 52.2 Å². The van der Waals surface area contributed by atoms with Gasteiger partial charge in [0.05, 0.1) is 19.8 Å². The molecule has 3 atom stereocenters. The van der Waals surface area contributed by atoms with Crippen LogP contribution in [0.15, 0.2) is 182 Å². The first-order valence-corrected chi connectivity index (χ1v) is 30.2. The number of phosphoric acid groups is 1. The molecule has 2 N–H and O–H groups in total. The second kappa shape index (κ2) is 57.7. The number of esters is 3. The number of allylic oxidation sites excluding steroid dienone is 30. The van der Waals surface area contributed by atoms with E-state index in [9.17, 15) is 28.9 Å². The minimum Gasteiger partial charge on any atom is -0.462 e. The van der Waals surface area contributed by atoms with Gasteiger partial charge in [-0.3, -0.25) is 23.4 Å². The predicted molar refractivity (Wildman–Crippen MR) is 324 cm³/mol. The maximum Gasteiger partial charge on any atom is 0.472 e. The van der Waals surface area contributed by atoms with Crippen molar-refractivity contribution in [1.82, 2.24) is 0 Å². The highest BCUT2D eigenvalue weighted by atomic mass is 31.2. The summed E-state index contributed by atoms with van der Waals surface area (Å²) in [6.07, 6.45) is 78.8.